The highest BCUT2D eigenvalue weighted by molar-refractivity contribution is 6.33. The molecule has 1 aromatic carbocycles. The van der Waals surface area contributed by atoms with Crippen LogP contribution in [0, 0.1) is 5.92 Å². The number of carbonyl (C=O) groups excluding carboxylic acids is 1. The van der Waals surface area contributed by atoms with E-state index < -0.39 is 0 Å². The van der Waals surface area contributed by atoms with Gasteiger partial charge in [0.1, 0.15) is 0 Å². The zero-order valence-corrected chi connectivity index (χ0v) is 9.29. The van der Waals surface area contributed by atoms with E-state index in [-0.39, 0.29) is 5.91 Å². The van der Waals surface area contributed by atoms with Crippen LogP contribution in [0.2, 0.25) is 5.02 Å². The largest absolute Gasteiger partial charge is 0.398 e. The molecule has 15 heavy (non-hydrogen) atoms. The summed E-state index contributed by atoms with van der Waals surface area (Å²) in [7, 11) is 0. The minimum atomic E-state index is 0.0370. The van der Waals surface area contributed by atoms with Crippen LogP contribution in [0.25, 0.3) is 0 Å². The quantitative estimate of drug-likeness (QED) is 0.742. The Kier molecular flexibility index (Phi) is 2.57. The third kappa shape index (κ3) is 1.92. The standard InChI is InChI=1S/C11H13ClN2O/c1-7-5-14(6-7)11(15)8-2-3-10(13)9(12)4-8/h2-4,7H,5-6,13H2,1H3. The number of rotatable bonds is 1. The molecule has 0 unspecified atom stereocenters. The maximum atomic E-state index is 11.9. The molecule has 1 saturated heterocycles. The highest BCUT2D eigenvalue weighted by Gasteiger charge is 2.27. The molecule has 1 aromatic rings. The minimum absolute atomic E-state index is 0.0370. The van der Waals surface area contributed by atoms with Gasteiger partial charge in [-0.2, -0.15) is 0 Å². The Morgan fingerprint density at radius 2 is 2.20 bits per heavy atom. The molecule has 1 fully saturated rings. The number of nitrogen functional groups attached to an aromatic ring is 1. The molecule has 1 amide bonds. The molecule has 2 rings (SSSR count). The van der Waals surface area contributed by atoms with Gasteiger partial charge in [0.05, 0.1) is 10.7 Å². The van der Waals surface area contributed by atoms with Gasteiger partial charge in [-0.05, 0) is 24.1 Å². The van der Waals surface area contributed by atoms with Crippen LogP contribution in [0.3, 0.4) is 0 Å². The van der Waals surface area contributed by atoms with E-state index in [4.69, 9.17) is 17.3 Å². The molecule has 3 nitrogen and oxygen atoms in total. The average Bonchev–Trinajstić information content (AvgIpc) is 2.16. The lowest BCUT2D eigenvalue weighted by Gasteiger charge is -2.37. The second-order valence-corrected chi connectivity index (χ2v) is 4.46. The number of hydrogen-bond acceptors (Lipinski definition) is 2. The summed E-state index contributed by atoms with van der Waals surface area (Å²) in [4.78, 5) is 13.7. The second-order valence-electron chi connectivity index (χ2n) is 4.05. The molecule has 0 saturated carbocycles. The van der Waals surface area contributed by atoms with E-state index in [1.165, 1.54) is 0 Å². The SMILES string of the molecule is CC1CN(C(=O)c2ccc(N)c(Cl)c2)C1. The Balaban J connectivity index is 2.16. The van der Waals surface area contributed by atoms with E-state index in [0.717, 1.165) is 13.1 Å². The van der Waals surface area contributed by atoms with Crippen molar-refractivity contribution in [3.63, 3.8) is 0 Å². The summed E-state index contributed by atoms with van der Waals surface area (Å²) >= 11 is 5.86. The third-order valence-electron chi connectivity index (χ3n) is 2.60. The number of hydrogen-bond donors (Lipinski definition) is 1. The number of amides is 1. The van der Waals surface area contributed by atoms with Gasteiger partial charge in [0.15, 0.2) is 0 Å². The summed E-state index contributed by atoms with van der Waals surface area (Å²) < 4.78 is 0. The average molecular weight is 225 g/mol. The fourth-order valence-corrected chi connectivity index (χ4v) is 1.89. The summed E-state index contributed by atoms with van der Waals surface area (Å²) in [5.41, 5.74) is 6.69. The monoisotopic (exact) mass is 224 g/mol. The van der Waals surface area contributed by atoms with Gasteiger partial charge in [0.2, 0.25) is 0 Å². The van der Waals surface area contributed by atoms with Crippen LogP contribution >= 0.6 is 11.6 Å². The van der Waals surface area contributed by atoms with E-state index in [0.29, 0.717) is 22.2 Å². The van der Waals surface area contributed by atoms with Crippen molar-refractivity contribution in [1.29, 1.82) is 0 Å². The molecule has 1 aliphatic rings. The highest BCUT2D eigenvalue weighted by atomic mass is 35.5. The first-order valence-electron chi connectivity index (χ1n) is 4.92. The molecule has 1 heterocycles. The number of benzene rings is 1. The molecular formula is C11H13ClN2O. The summed E-state index contributed by atoms with van der Waals surface area (Å²) in [5, 5.41) is 0.439. The maximum absolute atomic E-state index is 11.9. The summed E-state index contributed by atoms with van der Waals surface area (Å²) in [6, 6.07) is 5.01. The topological polar surface area (TPSA) is 46.3 Å². The molecule has 80 valence electrons. The Bertz CT molecular complexity index is 400. The summed E-state index contributed by atoms with van der Waals surface area (Å²) in [5.74, 6) is 0.646. The molecule has 0 bridgehead atoms. The maximum Gasteiger partial charge on any atom is 0.253 e. The number of carbonyl (C=O) groups is 1. The number of nitrogens with two attached hydrogens (primary N) is 1. The lowest BCUT2D eigenvalue weighted by molar-refractivity contribution is 0.0530. The number of likely N-dealkylation sites (tertiary alicyclic amines) is 1. The van der Waals surface area contributed by atoms with Crippen LogP contribution in [-0.4, -0.2) is 23.9 Å². The molecule has 1 aliphatic heterocycles. The first-order chi connectivity index (χ1) is 7.08. The van der Waals surface area contributed by atoms with E-state index in [1.807, 2.05) is 4.90 Å². The third-order valence-corrected chi connectivity index (χ3v) is 2.93. The van der Waals surface area contributed by atoms with Gasteiger partial charge in [-0.1, -0.05) is 18.5 Å². The smallest absolute Gasteiger partial charge is 0.253 e. The van der Waals surface area contributed by atoms with E-state index in [9.17, 15) is 4.79 Å². The van der Waals surface area contributed by atoms with Gasteiger partial charge < -0.3 is 10.6 Å². The second kappa shape index (κ2) is 3.74. The Morgan fingerprint density at radius 1 is 1.53 bits per heavy atom. The van der Waals surface area contributed by atoms with Gasteiger partial charge in [0, 0.05) is 18.7 Å². The van der Waals surface area contributed by atoms with Crippen molar-refractivity contribution in [1.82, 2.24) is 4.90 Å². The lowest BCUT2D eigenvalue weighted by atomic mass is 10.0. The van der Waals surface area contributed by atoms with Gasteiger partial charge in [0.25, 0.3) is 5.91 Å². The van der Waals surface area contributed by atoms with Crippen LogP contribution < -0.4 is 5.73 Å². The van der Waals surface area contributed by atoms with Crippen LogP contribution in [0.4, 0.5) is 5.69 Å². The molecule has 2 N–H and O–H groups in total. The Morgan fingerprint density at radius 3 is 2.73 bits per heavy atom. The highest BCUT2D eigenvalue weighted by Crippen LogP contribution is 2.23. The number of nitrogens with zero attached hydrogens (tertiary/aromatic N) is 1. The Labute approximate surface area is 93.8 Å². The van der Waals surface area contributed by atoms with Crippen molar-refractivity contribution < 1.29 is 4.79 Å². The van der Waals surface area contributed by atoms with Crippen molar-refractivity contribution in [3.05, 3.63) is 28.8 Å². The van der Waals surface area contributed by atoms with Gasteiger partial charge in [-0.25, -0.2) is 0 Å². The predicted molar refractivity (Wildman–Crippen MR) is 60.9 cm³/mol. The minimum Gasteiger partial charge on any atom is -0.398 e. The van der Waals surface area contributed by atoms with Crippen molar-refractivity contribution in [3.8, 4) is 0 Å². The van der Waals surface area contributed by atoms with E-state index >= 15 is 0 Å². The van der Waals surface area contributed by atoms with Crippen LogP contribution in [0.5, 0.6) is 0 Å². The molecule has 0 aliphatic carbocycles. The Hall–Kier alpha value is -1.22. The fraction of sp³-hybridized carbons (Fsp3) is 0.364. The van der Waals surface area contributed by atoms with Gasteiger partial charge in [-0.15, -0.1) is 0 Å². The molecular weight excluding hydrogens is 212 g/mol. The number of anilines is 1. The summed E-state index contributed by atoms with van der Waals surface area (Å²) in [6.07, 6.45) is 0. The molecule has 0 spiro atoms. The number of halogens is 1. The van der Waals surface area contributed by atoms with E-state index in [2.05, 4.69) is 6.92 Å². The van der Waals surface area contributed by atoms with Crippen molar-refractivity contribution in [2.75, 3.05) is 18.8 Å². The molecule has 4 heteroatoms. The first-order valence-corrected chi connectivity index (χ1v) is 5.30. The lowest BCUT2D eigenvalue weighted by Crippen LogP contribution is -2.48. The molecule has 0 atom stereocenters. The van der Waals surface area contributed by atoms with E-state index in [1.54, 1.807) is 18.2 Å². The summed E-state index contributed by atoms with van der Waals surface area (Å²) in [6.45, 7) is 3.79. The van der Waals surface area contributed by atoms with Crippen LogP contribution in [0.15, 0.2) is 18.2 Å². The zero-order chi connectivity index (χ0) is 11.0. The van der Waals surface area contributed by atoms with Crippen molar-refractivity contribution in [2.24, 2.45) is 5.92 Å². The normalized spacial score (nSPS) is 16.3. The van der Waals surface area contributed by atoms with Crippen LogP contribution in [-0.2, 0) is 0 Å². The predicted octanol–water partition coefficient (Wildman–Crippen LogP) is 2.01. The fourth-order valence-electron chi connectivity index (χ4n) is 1.71. The zero-order valence-electron chi connectivity index (χ0n) is 8.53. The van der Waals surface area contributed by atoms with Crippen molar-refractivity contribution in [2.45, 2.75) is 6.92 Å². The first kappa shape index (κ1) is 10.3. The van der Waals surface area contributed by atoms with Crippen LogP contribution in [0.1, 0.15) is 17.3 Å². The molecule has 0 aromatic heterocycles. The van der Waals surface area contributed by atoms with Gasteiger partial charge >= 0.3 is 0 Å². The molecule has 0 radical (unpaired) electrons. The van der Waals surface area contributed by atoms with Gasteiger partial charge in [-0.3, -0.25) is 4.79 Å². The van der Waals surface area contributed by atoms with Crippen molar-refractivity contribution >= 4 is 23.2 Å².